The summed E-state index contributed by atoms with van der Waals surface area (Å²) in [5.74, 6) is 1.46. The van der Waals surface area contributed by atoms with E-state index >= 15 is 0 Å². The molecule has 1 aliphatic rings. The van der Waals surface area contributed by atoms with Crippen LogP contribution in [-0.2, 0) is 4.74 Å². The lowest BCUT2D eigenvalue weighted by molar-refractivity contribution is 0.198. The first-order chi connectivity index (χ1) is 7.84. The quantitative estimate of drug-likeness (QED) is 0.692. The van der Waals surface area contributed by atoms with E-state index in [1.54, 1.807) is 6.92 Å². The van der Waals surface area contributed by atoms with Crippen molar-refractivity contribution < 1.29 is 4.74 Å². The van der Waals surface area contributed by atoms with Crippen LogP contribution in [0.15, 0.2) is 28.7 Å². The number of nitroso groups, excluding NO2 is 1. The van der Waals surface area contributed by atoms with Crippen LogP contribution in [0, 0.1) is 16.2 Å². The van der Waals surface area contributed by atoms with Crippen LogP contribution >= 0.6 is 0 Å². The molecule has 0 fully saturated rings. The maximum absolute atomic E-state index is 10.3. The van der Waals surface area contributed by atoms with Gasteiger partial charge in [-0.05, 0) is 43.3 Å². The van der Waals surface area contributed by atoms with Gasteiger partial charge in [0.25, 0.3) is 0 Å². The Bertz CT molecular complexity index is 337. The van der Waals surface area contributed by atoms with Gasteiger partial charge in [-0.3, -0.25) is 0 Å². The summed E-state index contributed by atoms with van der Waals surface area (Å²) in [6.45, 7) is 11.0. The average Bonchev–Trinajstić information content (AvgIpc) is 2.25. The van der Waals surface area contributed by atoms with Gasteiger partial charge in [-0.15, -0.1) is 0 Å². The van der Waals surface area contributed by atoms with Gasteiger partial charge in [0, 0.05) is 0 Å². The van der Waals surface area contributed by atoms with Crippen molar-refractivity contribution in [3.8, 4) is 0 Å². The summed E-state index contributed by atoms with van der Waals surface area (Å²) in [5, 5.41) is 2.93. The highest BCUT2D eigenvalue weighted by Gasteiger charge is 2.25. The first-order valence-electron chi connectivity index (χ1n) is 6.17. The van der Waals surface area contributed by atoms with Crippen LogP contribution in [0.2, 0.25) is 0 Å². The Morgan fingerprint density at radius 3 is 2.65 bits per heavy atom. The highest BCUT2D eigenvalue weighted by atomic mass is 16.5. The van der Waals surface area contributed by atoms with Crippen molar-refractivity contribution in [2.75, 3.05) is 6.61 Å². The standard InChI is InChI=1S/C14H23NO2/c1-10-8-12(14(3,4)5)6-7-13(10)17-9-11(2)15-16/h6-7,11-12H,8-9H2,1-5H3. The van der Waals surface area contributed by atoms with Crippen LogP contribution < -0.4 is 0 Å². The fourth-order valence-corrected chi connectivity index (χ4v) is 1.85. The number of hydrogen-bond donors (Lipinski definition) is 0. The summed E-state index contributed by atoms with van der Waals surface area (Å²) in [4.78, 5) is 10.3. The van der Waals surface area contributed by atoms with E-state index in [2.05, 4.69) is 38.9 Å². The topological polar surface area (TPSA) is 38.7 Å². The van der Waals surface area contributed by atoms with Crippen LogP contribution in [0.25, 0.3) is 0 Å². The second-order valence-corrected chi connectivity index (χ2v) is 5.95. The van der Waals surface area contributed by atoms with Gasteiger partial charge in [-0.25, -0.2) is 0 Å². The zero-order valence-electron chi connectivity index (χ0n) is 11.5. The van der Waals surface area contributed by atoms with Crippen LogP contribution in [0.3, 0.4) is 0 Å². The number of ether oxygens (including phenoxy) is 1. The molecule has 0 aromatic heterocycles. The minimum Gasteiger partial charge on any atom is -0.491 e. The Morgan fingerprint density at radius 2 is 2.18 bits per heavy atom. The van der Waals surface area contributed by atoms with E-state index in [0.29, 0.717) is 12.5 Å². The van der Waals surface area contributed by atoms with E-state index in [1.807, 2.05) is 6.08 Å². The molecule has 2 atom stereocenters. The van der Waals surface area contributed by atoms with Crippen molar-refractivity contribution >= 4 is 0 Å². The summed E-state index contributed by atoms with van der Waals surface area (Å²) < 4.78 is 5.61. The van der Waals surface area contributed by atoms with E-state index < -0.39 is 0 Å². The molecule has 3 nitrogen and oxygen atoms in total. The lowest BCUT2D eigenvalue weighted by Gasteiger charge is -2.31. The molecule has 0 amide bonds. The molecule has 0 heterocycles. The van der Waals surface area contributed by atoms with Crippen LogP contribution in [-0.4, -0.2) is 12.6 Å². The fourth-order valence-electron chi connectivity index (χ4n) is 1.85. The third-order valence-corrected chi connectivity index (χ3v) is 3.20. The molecule has 3 heteroatoms. The highest BCUT2D eigenvalue weighted by Crippen LogP contribution is 2.36. The van der Waals surface area contributed by atoms with Crippen molar-refractivity contribution in [2.24, 2.45) is 16.5 Å². The molecule has 1 aliphatic carbocycles. The number of rotatable bonds is 4. The van der Waals surface area contributed by atoms with Gasteiger partial charge in [-0.2, -0.15) is 4.91 Å². The Kier molecular flexibility index (Phi) is 4.49. The Balaban J connectivity index is 2.60. The van der Waals surface area contributed by atoms with Crippen molar-refractivity contribution in [2.45, 2.75) is 47.1 Å². The van der Waals surface area contributed by atoms with E-state index in [-0.39, 0.29) is 11.5 Å². The minimum atomic E-state index is -0.288. The molecule has 0 saturated heterocycles. The SMILES string of the molecule is CC1=C(OCC(C)N=O)C=CC(C(C)(C)C)C1. The molecule has 96 valence electrons. The molecule has 0 radical (unpaired) electrons. The minimum absolute atomic E-state index is 0.279. The molecule has 0 spiro atoms. The van der Waals surface area contributed by atoms with Gasteiger partial charge in [0.05, 0.1) is 0 Å². The Morgan fingerprint density at radius 1 is 1.53 bits per heavy atom. The van der Waals surface area contributed by atoms with Crippen molar-refractivity contribution in [1.29, 1.82) is 0 Å². The second kappa shape index (κ2) is 5.48. The van der Waals surface area contributed by atoms with Crippen molar-refractivity contribution in [1.82, 2.24) is 0 Å². The van der Waals surface area contributed by atoms with Gasteiger partial charge < -0.3 is 4.74 Å². The molecule has 0 aromatic carbocycles. The third-order valence-electron chi connectivity index (χ3n) is 3.20. The maximum Gasteiger partial charge on any atom is 0.123 e. The normalized spacial score (nSPS) is 22.5. The van der Waals surface area contributed by atoms with E-state index in [9.17, 15) is 4.91 Å². The molecule has 17 heavy (non-hydrogen) atoms. The highest BCUT2D eigenvalue weighted by molar-refractivity contribution is 5.26. The second-order valence-electron chi connectivity index (χ2n) is 5.95. The zero-order valence-corrected chi connectivity index (χ0v) is 11.5. The van der Waals surface area contributed by atoms with Gasteiger partial charge in [0.15, 0.2) is 0 Å². The molecule has 0 aliphatic heterocycles. The number of hydrogen-bond acceptors (Lipinski definition) is 3. The first-order valence-corrected chi connectivity index (χ1v) is 6.17. The molecule has 0 N–H and O–H groups in total. The average molecular weight is 237 g/mol. The number of nitrogens with zero attached hydrogens (tertiary/aromatic N) is 1. The van der Waals surface area contributed by atoms with Crippen LogP contribution in [0.4, 0.5) is 0 Å². The van der Waals surface area contributed by atoms with Gasteiger partial charge >= 0.3 is 0 Å². The smallest absolute Gasteiger partial charge is 0.123 e. The third kappa shape index (κ3) is 3.99. The Hall–Kier alpha value is -1.12. The molecular weight excluding hydrogens is 214 g/mol. The van der Waals surface area contributed by atoms with Gasteiger partial charge in [-0.1, -0.05) is 32.0 Å². The molecule has 2 unspecified atom stereocenters. The molecule has 1 rings (SSSR count). The molecule has 0 saturated carbocycles. The Labute approximate surface area is 104 Å². The maximum atomic E-state index is 10.3. The first kappa shape index (κ1) is 13.9. The molecule has 0 bridgehead atoms. The van der Waals surface area contributed by atoms with E-state index in [4.69, 9.17) is 4.74 Å². The summed E-state index contributed by atoms with van der Waals surface area (Å²) in [6.07, 6.45) is 5.27. The van der Waals surface area contributed by atoms with Crippen LogP contribution in [0.1, 0.15) is 41.0 Å². The number of allylic oxidation sites excluding steroid dienone is 3. The largest absolute Gasteiger partial charge is 0.491 e. The van der Waals surface area contributed by atoms with E-state index in [0.717, 1.165) is 12.2 Å². The lowest BCUT2D eigenvalue weighted by Crippen LogP contribution is -2.21. The summed E-state index contributed by atoms with van der Waals surface area (Å²) in [5.41, 5.74) is 1.53. The predicted octanol–water partition coefficient (Wildman–Crippen LogP) is 4.05. The van der Waals surface area contributed by atoms with Crippen molar-refractivity contribution in [3.63, 3.8) is 0 Å². The summed E-state index contributed by atoms with van der Waals surface area (Å²) >= 11 is 0. The zero-order chi connectivity index (χ0) is 13.1. The van der Waals surface area contributed by atoms with Crippen molar-refractivity contribution in [3.05, 3.63) is 28.4 Å². The molecular formula is C14H23NO2. The molecule has 0 aromatic rings. The van der Waals surface area contributed by atoms with Gasteiger partial charge in [0.1, 0.15) is 18.4 Å². The lowest BCUT2D eigenvalue weighted by atomic mass is 9.75. The van der Waals surface area contributed by atoms with Crippen LogP contribution in [0.5, 0.6) is 0 Å². The summed E-state index contributed by atoms with van der Waals surface area (Å²) in [7, 11) is 0. The predicted molar refractivity (Wildman–Crippen MR) is 70.6 cm³/mol. The monoisotopic (exact) mass is 237 g/mol. The van der Waals surface area contributed by atoms with Gasteiger partial charge in [0.2, 0.25) is 0 Å². The fraction of sp³-hybridized carbons (Fsp3) is 0.714. The summed E-state index contributed by atoms with van der Waals surface area (Å²) in [6, 6.07) is -0.288. The van der Waals surface area contributed by atoms with E-state index in [1.165, 1.54) is 5.57 Å².